The smallest absolute Gasteiger partial charge is 0.279 e. The Balaban J connectivity index is 1.67. The molecule has 0 saturated heterocycles. The molecule has 1 amide bonds. The van der Waals surface area contributed by atoms with Crippen LogP contribution in [0.1, 0.15) is 10.5 Å². The topological polar surface area (TPSA) is 76.9 Å². The Morgan fingerprint density at radius 3 is 2.33 bits per heavy atom. The van der Waals surface area contributed by atoms with Gasteiger partial charge in [-0.3, -0.25) is 14.6 Å². The Bertz CT molecular complexity index is 1450. The number of amides is 1. The van der Waals surface area contributed by atoms with Crippen molar-refractivity contribution in [3.05, 3.63) is 107 Å². The molecule has 6 nitrogen and oxygen atoms in total. The Hall–Kier alpha value is -4.32. The van der Waals surface area contributed by atoms with Crippen molar-refractivity contribution in [1.29, 1.82) is 0 Å². The van der Waals surface area contributed by atoms with Crippen LogP contribution in [0.5, 0.6) is 0 Å². The van der Waals surface area contributed by atoms with E-state index in [0.29, 0.717) is 22.1 Å². The van der Waals surface area contributed by atoms with Gasteiger partial charge in [0.25, 0.3) is 11.5 Å². The molecule has 0 fully saturated rings. The molecular weight excluding hydrogens is 376 g/mol. The molecule has 2 aromatic heterocycles. The van der Waals surface area contributed by atoms with Gasteiger partial charge in [0, 0.05) is 17.0 Å². The third-order valence-corrected chi connectivity index (χ3v) is 4.91. The van der Waals surface area contributed by atoms with E-state index in [1.807, 2.05) is 48.5 Å². The van der Waals surface area contributed by atoms with Gasteiger partial charge in [0.2, 0.25) is 0 Å². The molecule has 0 unspecified atom stereocenters. The van der Waals surface area contributed by atoms with Gasteiger partial charge in [-0.25, -0.2) is 0 Å². The Labute approximate surface area is 171 Å². The summed E-state index contributed by atoms with van der Waals surface area (Å²) in [6.45, 7) is 0. The summed E-state index contributed by atoms with van der Waals surface area (Å²) in [6.07, 6.45) is 1.71. The van der Waals surface area contributed by atoms with Gasteiger partial charge in [0.05, 0.1) is 22.3 Å². The number of anilines is 1. The largest absolute Gasteiger partial charge is 0.320 e. The maximum absolute atomic E-state index is 13.3. The van der Waals surface area contributed by atoms with E-state index in [0.717, 1.165) is 10.9 Å². The molecule has 0 bridgehead atoms. The zero-order valence-corrected chi connectivity index (χ0v) is 15.8. The van der Waals surface area contributed by atoms with Gasteiger partial charge in [-0.1, -0.05) is 42.5 Å². The lowest BCUT2D eigenvalue weighted by Crippen LogP contribution is -2.26. The quantitative estimate of drug-likeness (QED) is 0.500. The number of aromatic nitrogens is 3. The molecule has 5 aromatic rings. The highest BCUT2D eigenvalue weighted by atomic mass is 16.2. The fourth-order valence-corrected chi connectivity index (χ4v) is 3.50. The fourth-order valence-electron chi connectivity index (χ4n) is 3.50. The molecule has 0 aliphatic heterocycles. The number of nitrogens with zero attached hydrogens (tertiary/aromatic N) is 3. The van der Waals surface area contributed by atoms with Crippen molar-refractivity contribution in [2.45, 2.75) is 0 Å². The summed E-state index contributed by atoms with van der Waals surface area (Å²) in [4.78, 5) is 30.6. The third kappa shape index (κ3) is 3.00. The summed E-state index contributed by atoms with van der Waals surface area (Å²) >= 11 is 0. The van der Waals surface area contributed by atoms with E-state index in [9.17, 15) is 9.59 Å². The molecule has 1 N–H and O–H groups in total. The Morgan fingerprint density at radius 2 is 1.50 bits per heavy atom. The zero-order valence-electron chi connectivity index (χ0n) is 15.8. The van der Waals surface area contributed by atoms with E-state index in [1.165, 1.54) is 4.68 Å². The molecule has 2 heterocycles. The summed E-state index contributed by atoms with van der Waals surface area (Å²) in [5.74, 6) is -0.396. The predicted molar refractivity (Wildman–Crippen MR) is 117 cm³/mol. The molecule has 0 saturated carbocycles. The summed E-state index contributed by atoms with van der Waals surface area (Å²) in [7, 11) is 0. The highest BCUT2D eigenvalue weighted by Gasteiger charge is 2.18. The number of hydrogen-bond acceptors (Lipinski definition) is 4. The molecule has 3 aromatic carbocycles. The van der Waals surface area contributed by atoms with E-state index in [4.69, 9.17) is 0 Å². The first kappa shape index (κ1) is 17.8. The van der Waals surface area contributed by atoms with Gasteiger partial charge in [0.15, 0.2) is 5.69 Å². The van der Waals surface area contributed by atoms with Crippen LogP contribution in [0.4, 0.5) is 5.69 Å². The van der Waals surface area contributed by atoms with E-state index >= 15 is 0 Å². The SMILES string of the molecule is O=C(Nc1cccc2ncccc12)c1nn(-c2ccccc2)c(=O)c2ccccc12. The molecule has 0 radical (unpaired) electrons. The van der Waals surface area contributed by atoms with Crippen LogP contribution in [0.15, 0.2) is 95.9 Å². The average Bonchev–Trinajstić information content (AvgIpc) is 2.80. The molecule has 0 atom stereocenters. The first-order chi connectivity index (χ1) is 14.7. The van der Waals surface area contributed by atoms with Crippen molar-refractivity contribution < 1.29 is 4.79 Å². The van der Waals surface area contributed by atoms with Crippen molar-refractivity contribution in [3.63, 3.8) is 0 Å². The minimum absolute atomic E-state index is 0.176. The summed E-state index contributed by atoms with van der Waals surface area (Å²) in [5, 5.41) is 9.12. The van der Waals surface area contributed by atoms with Crippen molar-refractivity contribution in [3.8, 4) is 5.69 Å². The standard InChI is InChI=1S/C24H16N4O2/c29-23(26-21-14-6-13-20-19(21)12-7-15-25-20)22-17-10-4-5-11-18(17)24(30)28(27-22)16-8-2-1-3-9-16/h1-15H,(H,26,29). The first-order valence-corrected chi connectivity index (χ1v) is 9.45. The van der Waals surface area contributed by atoms with Crippen molar-refractivity contribution in [2.24, 2.45) is 0 Å². The monoisotopic (exact) mass is 392 g/mol. The van der Waals surface area contributed by atoms with Crippen LogP contribution in [0.2, 0.25) is 0 Å². The Morgan fingerprint density at radius 1 is 0.767 bits per heavy atom. The van der Waals surface area contributed by atoms with Crippen LogP contribution in [-0.4, -0.2) is 20.7 Å². The molecule has 0 aliphatic rings. The normalized spacial score (nSPS) is 10.9. The van der Waals surface area contributed by atoms with Crippen LogP contribution in [-0.2, 0) is 0 Å². The molecule has 0 spiro atoms. The first-order valence-electron chi connectivity index (χ1n) is 9.45. The maximum Gasteiger partial charge on any atom is 0.279 e. The van der Waals surface area contributed by atoms with E-state index in [-0.39, 0.29) is 11.3 Å². The van der Waals surface area contributed by atoms with Gasteiger partial charge in [-0.05, 0) is 42.5 Å². The lowest BCUT2D eigenvalue weighted by atomic mass is 10.1. The highest BCUT2D eigenvalue weighted by Crippen LogP contribution is 2.23. The van der Waals surface area contributed by atoms with Crippen molar-refractivity contribution in [1.82, 2.24) is 14.8 Å². The van der Waals surface area contributed by atoms with E-state index in [1.54, 1.807) is 42.6 Å². The number of carbonyl (C=O) groups excluding carboxylic acids is 1. The number of carbonyl (C=O) groups is 1. The second kappa shape index (κ2) is 7.25. The van der Waals surface area contributed by atoms with Gasteiger partial charge in [-0.2, -0.15) is 9.78 Å². The van der Waals surface area contributed by atoms with Crippen LogP contribution in [0.3, 0.4) is 0 Å². The summed E-state index contributed by atoms with van der Waals surface area (Å²) in [6, 6.07) is 25.3. The average molecular weight is 392 g/mol. The molecule has 0 aliphatic carbocycles. The number of hydrogen-bond donors (Lipinski definition) is 1. The minimum Gasteiger partial charge on any atom is -0.320 e. The Kier molecular flexibility index (Phi) is 4.29. The van der Waals surface area contributed by atoms with Crippen LogP contribution >= 0.6 is 0 Å². The maximum atomic E-state index is 13.3. The number of nitrogens with one attached hydrogen (secondary N) is 1. The zero-order chi connectivity index (χ0) is 20.5. The highest BCUT2D eigenvalue weighted by molar-refractivity contribution is 6.13. The lowest BCUT2D eigenvalue weighted by Gasteiger charge is -2.12. The predicted octanol–water partition coefficient (Wildman–Crippen LogP) is 4.19. The fraction of sp³-hybridized carbons (Fsp3) is 0. The molecule has 30 heavy (non-hydrogen) atoms. The number of benzene rings is 3. The summed E-state index contributed by atoms with van der Waals surface area (Å²) in [5.41, 5.74) is 1.91. The van der Waals surface area contributed by atoms with Crippen molar-refractivity contribution in [2.75, 3.05) is 5.32 Å². The summed E-state index contributed by atoms with van der Waals surface area (Å²) < 4.78 is 1.27. The van der Waals surface area contributed by atoms with Gasteiger partial charge >= 0.3 is 0 Å². The minimum atomic E-state index is -0.396. The van der Waals surface area contributed by atoms with Crippen molar-refractivity contribution >= 4 is 33.3 Å². The van der Waals surface area contributed by atoms with E-state index in [2.05, 4.69) is 15.4 Å². The second-order valence-electron chi connectivity index (χ2n) is 6.78. The second-order valence-corrected chi connectivity index (χ2v) is 6.78. The molecule has 144 valence electrons. The van der Waals surface area contributed by atoms with Crippen LogP contribution < -0.4 is 10.9 Å². The molecular formula is C24H16N4O2. The van der Waals surface area contributed by atoms with Crippen LogP contribution in [0.25, 0.3) is 27.4 Å². The molecule has 6 heteroatoms. The number of rotatable bonds is 3. The lowest BCUT2D eigenvalue weighted by molar-refractivity contribution is 0.102. The number of para-hydroxylation sites is 1. The third-order valence-electron chi connectivity index (χ3n) is 4.91. The van der Waals surface area contributed by atoms with E-state index < -0.39 is 5.91 Å². The van der Waals surface area contributed by atoms with Crippen LogP contribution in [0, 0.1) is 0 Å². The van der Waals surface area contributed by atoms with Gasteiger partial charge < -0.3 is 5.32 Å². The molecule has 5 rings (SSSR count). The van der Waals surface area contributed by atoms with Gasteiger partial charge in [0.1, 0.15) is 0 Å². The number of fused-ring (bicyclic) bond motifs is 2. The number of pyridine rings is 1. The van der Waals surface area contributed by atoms with Gasteiger partial charge in [-0.15, -0.1) is 0 Å².